The van der Waals surface area contributed by atoms with Crippen LogP contribution in [0.5, 0.6) is 0 Å². The number of aryl methyl sites for hydroxylation is 2. The van der Waals surface area contributed by atoms with Gasteiger partial charge in [0.2, 0.25) is 5.91 Å². The Morgan fingerprint density at radius 1 is 1.12 bits per heavy atom. The number of carbonyl (C=O) groups is 1. The van der Waals surface area contributed by atoms with E-state index in [0.29, 0.717) is 12.3 Å². The zero-order valence-corrected chi connectivity index (χ0v) is 15.6. The highest BCUT2D eigenvalue weighted by Crippen LogP contribution is 2.19. The second-order valence-corrected chi connectivity index (χ2v) is 7.77. The maximum atomic E-state index is 12.8. The predicted molar refractivity (Wildman–Crippen MR) is 102 cm³/mol. The Kier molecular flexibility index (Phi) is 6.32. The zero-order valence-electron chi connectivity index (χ0n) is 14.8. The lowest BCUT2D eigenvalue weighted by molar-refractivity contribution is -0.117. The first-order valence-corrected chi connectivity index (χ1v) is 9.62. The van der Waals surface area contributed by atoms with E-state index >= 15 is 0 Å². The van der Waals surface area contributed by atoms with E-state index in [1.807, 2.05) is 63.2 Å². The van der Waals surface area contributed by atoms with Crippen LogP contribution >= 0.6 is 0 Å². The molecule has 0 heterocycles. The molecule has 128 valence electrons. The summed E-state index contributed by atoms with van der Waals surface area (Å²) in [4.78, 5) is 14.5. The molecule has 0 radical (unpaired) electrons. The molecule has 3 nitrogen and oxygen atoms in total. The average Bonchev–Trinajstić information content (AvgIpc) is 2.59. The van der Waals surface area contributed by atoms with Crippen LogP contribution < -0.4 is 4.90 Å². The number of hydrogen-bond acceptors (Lipinski definition) is 2. The molecule has 0 spiro atoms. The number of hydrogen-bond donors (Lipinski definition) is 0. The number of anilines is 1. The first kappa shape index (κ1) is 18.4. The van der Waals surface area contributed by atoms with E-state index in [1.165, 1.54) is 0 Å². The van der Waals surface area contributed by atoms with Crippen LogP contribution in [0.3, 0.4) is 0 Å². The van der Waals surface area contributed by atoms with Crippen molar-refractivity contribution in [2.24, 2.45) is 0 Å². The van der Waals surface area contributed by atoms with Crippen molar-refractivity contribution in [1.29, 1.82) is 0 Å². The number of amides is 1. The fourth-order valence-corrected chi connectivity index (χ4v) is 3.86. The molecule has 24 heavy (non-hydrogen) atoms. The van der Waals surface area contributed by atoms with Crippen molar-refractivity contribution >= 4 is 22.4 Å². The predicted octanol–water partition coefficient (Wildman–Crippen LogP) is 3.99. The van der Waals surface area contributed by atoms with Gasteiger partial charge in [-0.15, -0.1) is 0 Å². The first-order valence-electron chi connectivity index (χ1n) is 8.23. The summed E-state index contributed by atoms with van der Waals surface area (Å²) in [6, 6.07) is 15.7. The van der Waals surface area contributed by atoms with Crippen LogP contribution in [0.1, 0.15) is 30.5 Å². The lowest BCUT2D eigenvalue weighted by atomic mass is 10.1. The standard InChI is InChI=1S/C20H25NO2S/c1-5-21(19-9-7-6-8-10-19)20(22)17(4)24(23)14-18-13-15(2)11-12-16(18)3/h6-13,17H,5,14H2,1-4H3. The van der Waals surface area contributed by atoms with Gasteiger partial charge >= 0.3 is 0 Å². The van der Waals surface area contributed by atoms with Gasteiger partial charge in [0, 0.05) is 28.8 Å². The van der Waals surface area contributed by atoms with E-state index in [4.69, 9.17) is 0 Å². The summed E-state index contributed by atoms with van der Waals surface area (Å²) >= 11 is 0. The fourth-order valence-electron chi connectivity index (χ4n) is 2.64. The second-order valence-electron chi connectivity index (χ2n) is 6.02. The first-order chi connectivity index (χ1) is 11.4. The molecule has 0 aliphatic carbocycles. The summed E-state index contributed by atoms with van der Waals surface area (Å²) in [6.45, 7) is 8.30. The summed E-state index contributed by atoms with van der Waals surface area (Å²) in [7, 11) is -1.25. The Balaban J connectivity index is 2.14. The van der Waals surface area contributed by atoms with E-state index in [2.05, 4.69) is 6.07 Å². The molecule has 0 fully saturated rings. The largest absolute Gasteiger partial charge is 0.312 e. The van der Waals surface area contributed by atoms with Gasteiger partial charge in [-0.3, -0.25) is 9.00 Å². The van der Waals surface area contributed by atoms with Crippen LogP contribution in [0.4, 0.5) is 5.69 Å². The smallest absolute Gasteiger partial charge is 0.242 e. The van der Waals surface area contributed by atoms with Gasteiger partial charge in [-0.25, -0.2) is 0 Å². The van der Waals surface area contributed by atoms with Gasteiger partial charge in [-0.05, 0) is 51.0 Å². The highest BCUT2D eigenvalue weighted by Gasteiger charge is 2.26. The third kappa shape index (κ3) is 4.32. The van der Waals surface area contributed by atoms with Crippen molar-refractivity contribution in [3.8, 4) is 0 Å². The Morgan fingerprint density at radius 2 is 1.79 bits per heavy atom. The summed E-state index contributed by atoms with van der Waals surface area (Å²) < 4.78 is 12.7. The molecule has 2 rings (SSSR count). The quantitative estimate of drug-likeness (QED) is 0.795. The highest BCUT2D eigenvalue weighted by atomic mass is 32.2. The third-order valence-electron chi connectivity index (χ3n) is 4.19. The van der Waals surface area contributed by atoms with Crippen molar-refractivity contribution in [1.82, 2.24) is 0 Å². The average molecular weight is 343 g/mol. The SMILES string of the molecule is CCN(C(=O)C(C)S(=O)Cc1cc(C)ccc1C)c1ccccc1. The van der Waals surface area contributed by atoms with Gasteiger partial charge in [0.1, 0.15) is 5.25 Å². The van der Waals surface area contributed by atoms with E-state index in [0.717, 1.165) is 22.4 Å². The lowest BCUT2D eigenvalue weighted by Crippen LogP contribution is -2.40. The topological polar surface area (TPSA) is 37.4 Å². The Bertz CT molecular complexity index is 728. The molecule has 0 aliphatic rings. The number of nitrogens with zero attached hydrogens (tertiary/aromatic N) is 1. The summed E-state index contributed by atoms with van der Waals surface area (Å²) in [5.41, 5.74) is 4.16. The van der Waals surface area contributed by atoms with Crippen LogP contribution in [0.2, 0.25) is 0 Å². The number of rotatable bonds is 6. The van der Waals surface area contributed by atoms with Crippen molar-refractivity contribution in [3.05, 3.63) is 65.2 Å². The molecule has 2 unspecified atom stereocenters. The molecule has 0 saturated carbocycles. The van der Waals surface area contributed by atoms with Crippen molar-refractivity contribution in [2.75, 3.05) is 11.4 Å². The van der Waals surface area contributed by atoms with Crippen LogP contribution in [0.25, 0.3) is 0 Å². The Labute approximate surface area is 147 Å². The fraction of sp³-hybridized carbons (Fsp3) is 0.350. The molecule has 0 aromatic heterocycles. The van der Waals surface area contributed by atoms with Crippen LogP contribution in [0.15, 0.2) is 48.5 Å². The van der Waals surface area contributed by atoms with Crippen molar-refractivity contribution in [2.45, 2.75) is 38.7 Å². The molecule has 1 amide bonds. The maximum Gasteiger partial charge on any atom is 0.242 e. The normalized spacial score (nSPS) is 13.3. The van der Waals surface area contributed by atoms with Crippen LogP contribution in [-0.2, 0) is 21.3 Å². The molecule has 2 atom stereocenters. The minimum Gasteiger partial charge on any atom is -0.312 e. The molecule has 2 aromatic rings. The van der Waals surface area contributed by atoms with Gasteiger partial charge in [-0.1, -0.05) is 42.0 Å². The maximum absolute atomic E-state index is 12.8. The lowest BCUT2D eigenvalue weighted by Gasteiger charge is -2.24. The molecule has 0 bridgehead atoms. The molecular formula is C20H25NO2S. The molecule has 2 aromatic carbocycles. The van der Waals surface area contributed by atoms with Crippen LogP contribution in [-0.4, -0.2) is 21.9 Å². The Hall–Kier alpha value is -1.94. The summed E-state index contributed by atoms with van der Waals surface area (Å²) in [5, 5.41) is -0.537. The van der Waals surface area contributed by atoms with E-state index in [9.17, 15) is 9.00 Å². The summed E-state index contributed by atoms with van der Waals surface area (Å²) in [6.07, 6.45) is 0. The van der Waals surface area contributed by atoms with Gasteiger partial charge < -0.3 is 4.90 Å². The van der Waals surface area contributed by atoms with Crippen molar-refractivity contribution < 1.29 is 9.00 Å². The van der Waals surface area contributed by atoms with Gasteiger partial charge in [0.25, 0.3) is 0 Å². The third-order valence-corrected chi connectivity index (χ3v) is 5.78. The molecule has 0 aliphatic heterocycles. The minimum absolute atomic E-state index is 0.0904. The molecule has 4 heteroatoms. The van der Waals surface area contributed by atoms with Crippen LogP contribution in [0, 0.1) is 13.8 Å². The van der Waals surface area contributed by atoms with E-state index in [-0.39, 0.29) is 5.91 Å². The minimum atomic E-state index is -1.25. The van der Waals surface area contributed by atoms with Gasteiger partial charge in [0.05, 0.1) is 0 Å². The van der Waals surface area contributed by atoms with E-state index < -0.39 is 16.0 Å². The van der Waals surface area contributed by atoms with Gasteiger partial charge in [-0.2, -0.15) is 0 Å². The highest BCUT2D eigenvalue weighted by molar-refractivity contribution is 7.85. The molecular weight excluding hydrogens is 318 g/mol. The molecule has 0 N–H and O–H groups in total. The monoisotopic (exact) mass is 343 g/mol. The molecule has 0 saturated heterocycles. The number of para-hydroxylation sites is 1. The zero-order chi connectivity index (χ0) is 17.7. The number of benzene rings is 2. The van der Waals surface area contributed by atoms with Gasteiger partial charge in [0.15, 0.2) is 0 Å². The summed E-state index contributed by atoms with van der Waals surface area (Å²) in [5.74, 6) is 0.319. The Morgan fingerprint density at radius 3 is 2.42 bits per heavy atom. The van der Waals surface area contributed by atoms with E-state index in [1.54, 1.807) is 11.8 Å². The van der Waals surface area contributed by atoms with Crippen molar-refractivity contribution in [3.63, 3.8) is 0 Å². The number of carbonyl (C=O) groups excluding carboxylic acids is 1. The second kappa shape index (κ2) is 8.25.